The van der Waals surface area contributed by atoms with Gasteiger partial charge in [-0.05, 0) is 34.6 Å². The van der Waals surface area contributed by atoms with Gasteiger partial charge >= 0.3 is 55.1 Å². The summed E-state index contributed by atoms with van der Waals surface area (Å²) in [5.74, 6) is -7.18. The van der Waals surface area contributed by atoms with E-state index in [0.29, 0.717) is 0 Å². The van der Waals surface area contributed by atoms with Gasteiger partial charge < -0.3 is 75.0 Å². The summed E-state index contributed by atoms with van der Waals surface area (Å²) in [5.41, 5.74) is 0. The van der Waals surface area contributed by atoms with Crippen LogP contribution < -0.4 is 25.5 Å². The van der Waals surface area contributed by atoms with Crippen molar-refractivity contribution in [3.63, 3.8) is 0 Å². The van der Waals surface area contributed by atoms with E-state index in [2.05, 4.69) is 0 Å². The Hall–Kier alpha value is -1.06. The third kappa shape index (κ3) is 63.0. The Bertz CT molecular complexity index is 403. The van der Waals surface area contributed by atoms with E-state index in [-0.39, 0.29) is 55.1 Å². The van der Waals surface area contributed by atoms with Crippen LogP contribution in [0.3, 0.4) is 0 Å². The monoisotopic (exact) mass is 512 g/mol. The van der Waals surface area contributed by atoms with Gasteiger partial charge in [0.05, 0.1) is 60.4 Å². The summed E-state index contributed by atoms with van der Waals surface area (Å²) >= 11 is 0. The van der Waals surface area contributed by atoms with Crippen LogP contribution in [0.4, 0.5) is 0 Å². The number of aliphatic hydroxyl groups excluding tert-OH is 5. The number of aliphatic hydroxyl groups is 5. The van der Waals surface area contributed by atoms with Crippen molar-refractivity contribution >= 4 is 84.9 Å². The van der Waals surface area contributed by atoms with E-state index in [9.17, 15) is 49.5 Å². The van der Waals surface area contributed by atoms with Gasteiger partial charge in [-0.3, -0.25) is 0 Å². The van der Waals surface area contributed by atoms with Crippen LogP contribution in [0, 0.1) is 0 Å². The van der Waals surface area contributed by atoms with Crippen molar-refractivity contribution in [1.82, 2.24) is 0 Å². The Morgan fingerprint density at radius 2 is 0.469 bits per heavy atom. The van der Waals surface area contributed by atoms with E-state index in [4.69, 9.17) is 25.5 Å². The summed E-state index contributed by atoms with van der Waals surface area (Å²) in [6, 6.07) is 0. The standard InChI is InChI=1S/5C3H6O3.Al.Ca/c5*1-2(4)3(5)6;;/h5*2,4H,1H3,(H,5,6);;/q;;;;;+3;+2/p-5. The van der Waals surface area contributed by atoms with E-state index in [1.54, 1.807) is 0 Å². The summed E-state index contributed by atoms with van der Waals surface area (Å²) in [6.07, 6.45) is -6.71. The van der Waals surface area contributed by atoms with Gasteiger partial charge in [-0.2, -0.15) is 0 Å². The van der Waals surface area contributed by atoms with Crippen molar-refractivity contribution in [3.8, 4) is 0 Å². The first-order valence-corrected chi connectivity index (χ1v) is 7.66. The van der Waals surface area contributed by atoms with Crippen molar-refractivity contribution in [2.45, 2.75) is 65.1 Å². The molecule has 5 unspecified atom stereocenters. The summed E-state index contributed by atoms with van der Waals surface area (Å²) in [5, 5.41) is 86.5. The number of carbonyl (C=O) groups excluding carboxylic acids is 5. The molecule has 5 N–H and O–H groups in total. The van der Waals surface area contributed by atoms with Crippen LogP contribution in [0.1, 0.15) is 34.6 Å². The van der Waals surface area contributed by atoms with Crippen LogP contribution >= 0.6 is 0 Å². The summed E-state index contributed by atoms with van der Waals surface area (Å²) in [7, 11) is 0. The minimum Gasteiger partial charge on any atom is -0.547 e. The molecule has 0 aliphatic rings. The van der Waals surface area contributed by atoms with Gasteiger partial charge in [0.2, 0.25) is 0 Å². The van der Waals surface area contributed by atoms with Crippen LogP contribution in [-0.4, -0.2) is 141 Å². The second-order valence-electron chi connectivity index (χ2n) is 4.98. The molecule has 0 heterocycles. The molecule has 0 radical (unpaired) electrons. The predicted molar refractivity (Wildman–Crippen MR) is 94.9 cm³/mol. The molecule has 0 aliphatic carbocycles. The largest absolute Gasteiger partial charge is 3.00 e. The topological polar surface area (TPSA) is 302 Å². The van der Waals surface area contributed by atoms with E-state index in [1.165, 1.54) is 0 Å². The van der Waals surface area contributed by atoms with Gasteiger partial charge in [-0.15, -0.1) is 0 Å². The summed E-state index contributed by atoms with van der Waals surface area (Å²) in [4.78, 5) is 46.7. The zero-order chi connectivity index (χ0) is 25.8. The Balaban J connectivity index is -0.0000000481. The maximum absolute atomic E-state index is 9.34. The molecule has 0 aromatic heterocycles. The quantitative estimate of drug-likeness (QED) is 0.213. The van der Waals surface area contributed by atoms with Gasteiger partial charge in [0.25, 0.3) is 0 Å². The van der Waals surface area contributed by atoms with Gasteiger partial charge in [-0.1, -0.05) is 0 Å². The fourth-order valence-electron chi connectivity index (χ4n) is 0. The average molecular weight is 512 g/mol. The average Bonchev–Trinajstić information content (AvgIpc) is 2.56. The van der Waals surface area contributed by atoms with Gasteiger partial charge in [-0.25, -0.2) is 0 Å². The first-order valence-electron chi connectivity index (χ1n) is 7.66. The van der Waals surface area contributed by atoms with Crippen LogP contribution in [0.15, 0.2) is 0 Å². The second-order valence-corrected chi connectivity index (χ2v) is 4.98. The predicted octanol–water partition coefficient (Wildman–Crippen LogP) is -10.2. The minimum atomic E-state index is -1.44. The normalized spacial score (nSPS) is 12.8. The third-order valence-corrected chi connectivity index (χ3v) is 1.71. The van der Waals surface area contributed by atoms with E-state index >= 15 is 0 Å². The number of hydrogen-bond acceptors (Lipinski definition) is 15. The molecule has 0 spiro atoms. The molecule has 0 bridgehead atoms. The Morgan fingerprint density at radius 1 is 0.438 bits per heavy atom. The number of carbonyl (C=O) groups is 5. The van der Waals surface area contributed by atoms with Crippen molar-refractivity contribution in [1.29, 1.82) is 0 Å². The molecule has 5 atom stereocenters. The van der Waals surface area contributed by atoms with E-state index in [1.807, 2.05) is 0 Å². The smallest absolute Gasteiger partial charge is 0.547 e. The number of hydrogen-bond donors (Lipinski definition) is 5. The Kier molecular flexibility index (Phi) is 45.3. The number of rotatable bonds is 5. The fraction of sp³-hybridized carbons (Fsp3) is 0.667. The van der Waals surface area contributed by atoms with Crippen molar-refractivity contribution in [3.05, 3.63) is 0 Å². The number of carboxylic acids is 5. The zero-order valence-corrected chi connectivity index (χ0v) is 21.4. The molecule has 32 heavy (non-hydrogen) atoms. The fourth-order valence-corrected chi connectivity index (χ4v) is 0. The van der Waals surface area contributed by atoms with Gasteiger partial charge in [0.1, 0.15) is 0 Å². The Morgan fingerprint density at radius 3 is 0.469 bits per heavy atom. The molecule has 17 heteroatoms. The molecule has 0 saturated heterocycles. The summed E-state index contributed by atoms with van der Waals surface area (Å²) < 4.78 is 0. The van der Waals surface area contributed by atoms with Gasteiger partial charge in [0.15, 0.2) is 0 Å². The molecule has 0 rings (SSSR count). The van der Waals surface area contributed by atoms with Gasteiger partial charge in [0, 0.05) is 0 Å². The molecular weight excluding hydrogens is 487 g/mol. The molecule has 0 aromatic carbocycles. The van der Waals surface area contributed by atoms with E-state index < -0.39 is 60.4 Å². The SMILES string of the molecule is CC(O)C(=O)[O-].CC(O)C(=O)[O-].CC(O)C(=O)[O-].CC(O)C(=O)[O-].CC(O)C(=O)[O-].[Al+3].[Ca+2]. The number of aliphatic carboxylic acids is 5. The zero-order valence-electron chi connectivity index (χ0n) is 18.0. The molecule has 180 valence electrons. The molecular formula is C15H25AlCaO15. The number of carboxylic acid groups (broad SMARTS) is 5. The van der Waals surface area contributed by atoms with Crippen LogP contribution in [0.2, 0.25) is 0 Å². The molecule has 0 aromatic rings. The maximum atomic E-state index is 9.34. The first kappa shape index (κ1) is 48.4. The minimum absolute atomic E-state index is 0. The second kappa shape index (κ2) is 29.9. The molecule has 0 aliphatic heterocycles. The van der Waals surface area contributed by atoms with Crippen molar-refractivity contribution < 1.29 is 75.0 Å². The Labute approximate surface area is 224 Å². The molecule has 15 nitrogen and oxygen atoms in total. The van der Waals surface area contributed by atoms with Crippen LogP contribution in [0.5, 0.6) is 0 Å². The van der Waals surface area contributed by atoms with Crippen LogP contribution in [-0.2, 0) is 24.0 Å². The third-order valence-electron chi connectivity index (χ3n) is 1.71. The first-order chi connectivity index (χ1) is 13.2. The maximum Gasteiger partial charge on any atom is 3.00 e. The van der Waals surface area contributed by atoms with E-state index in [0.717, 1.165) is 34.6 Å². The van der Waals surface area contributed by atoms with Crippen molar-refractivity contribution in [2.75, 3.05) is 0 Å². The molecule has 0 amide bonds. The summed E-state index contributed by atoms with van der Waals surface area (Å²) in [6.45, 7) is 5.67. The molecule has 0 saturated carbocycles. The van der Waals surface area contributed by atoms with Crippen molar-refractivity contribution in [2.24, 2.45) is 0 Å². The molecule has 0 fully saturated rings. The van der Waals surface area contributed by atoms with Crippen LogP contribution in [0.25, 0.3) is 0 Å².